The largest absolute Gasteiger partial charge is 0.481 e. The highest BCUT2D eigenvalue weighted by atomic mass is 16.4. The van der Waals surface area contributed by atoms with Gasteiger partial charge in [-0.2, -0.15) is 0 Å². The Kier molecular flexibility index (Phi) is 2.69. The lowest BCUT2D eigenvalue weighted by atomic mass is 10.0. The molecule has 2 fully saturated rings. The van der Waals surface area contributed by atoms with Gasteiger partial charge >= 0.3 is 5.97 Å². The third kappa shape index (κ3) is 1.60. The molecule has 3 atom stereocenters. The van der Waals surface area contributed by atoms with Crippen LogP contribution >= 0.6 is 0 Å². The van der Waals surface area contributed by atoms with Crippen molar-refractivity contribution in [2.75, 3.05) is 0 Å². The summed E-state index contributed by atoms with van der Waals surface area (Å²) in [6.45, 7) is 1.71. The minimum atomic E-state index is -0.900. The van der Waals surface area contributed by atoms with Gasteiger partial charge in [0.05, 0.1) is 12.0 Å². The fourth-order valence-electron chi connectivity index (χ4n) is 2.69. The van der Waals surface area contributed by atoms with Crippen LogP contribution in [0.3, 0.4) is 0 Å². The molecule has 1 heterocycles. The maximum absolute atomic E-state index is 11.8. The Morgan fingerprint density at radius 3 is 2.56 bits per heavy atom. The van der Waals surface area contributed by atoms with Gasteiger partial charge in [0, 0.05) is 12.3 Å². The summed E-state index contributed by atoms with van der Waals surface area (Å²) < 4.78 is 0. The summed E-state index contributed by atoms with van der Waals surface area (Å²) in [7, 11) is 0. The molecule has 0 bridgehead atoms. The number of carboxylic acids is 1. The zero-order valence-corrected chi connectivity index (χ0v) is 9.18. The molecule has 0 aromatic rings. The van der Waals surface area contributed by atoms with Crippen molar-refractivity contribution in [2.24, 2.45) is 11.8 Å². The molecule has 0 spiro atoms. The number of nitrogens with zero attached hydrogens (tertiary/aromatic N) is 1. The number of carbonyl (C=O) groups is 3. The van der Waals surface area contributed by atoms with E-state index in [1.807, 2.05) is 0 Å². The molecule has 0 aromatic carbocycles. The Labute approximate surface area is 93.4 Å². The lowest BCUT2D eigenvalue weighted by molar-refractivity contribution is -0.148. The molecule has 0 aromatic heterocycles. The number of carbonyl (C=O) groups excluding carboxylic acids is 2. The van der Waals surface area contributed by atoms with Crippen molar-refractivity contribution in [1.29, 1.82) is 0 Å². The molecule has 88 valence electrons. The van der Waals surface area contributed by atoms with E-state index in [-0.39, 0.29) is 24.2 Å². The molecule has 16 heavy (non-hydrogen) atoms. The summed E-state index contributed by atoms with van der Waals surface area (Å²) in [4.78, 5) is 35.7. The van der Waals surface area contributed by atoms with Crippen molar-refractivity contribution in [3.63, 3.8) is 0 Å². The maximum Gasteiger partial charge on any atom is 0.308 e. The van der Waals surface area contributed by atoms with Crippen molar-refractivity contribution < 1.29 is 19.5 Å². The first-order valence-electron chi connectivity index (χ1n) is 5.61. The second-order valence-electron chi connectivity index (χ2n) is 4.65. The van der Waals surface area contributed by atoms with Crippen LogP contribution in [-0.2, 0) is 14.4 Å². The summed E-state index contributed by atoms with van der Waals surface area (Å²) >= 11 is 0. The highest BCUT2D eigenvalue weighted by Gasteiger charge is 2.46. The molecule has 1 saturated heterocycles. The molecule has 3 unspecified atom stereocenters. The van der Waals surface area contributed by atoms with E-state index in [2.05, 4.69) is 0 Å². The summed E-state index contributed by atoms with van der Waals surface area (Å²) in [5.41, 5.74) is 0. The second-order valence-corrected chi connectivity index (χ2v) is 4.65. The van der Waals surface area contributed by atoms with Crippen LogP contribution in [0, 0.1) is 11.8 Å². The molecule has 5 nitrogen and oxygen atoms in total. The van der Waals surface area contributed by atoms with Gasteiger partial charge in [0.1, 0.15) is 0 Å². The van der Waals surface area contributed by atoms with Gasteiger partial charge in [0.25, 0.3) is 0 Å². The molecule has 1 aliphatic carbocycles. The summed E-state index contributed by atoms with van der Waals surface area (Å²) in [6, 6.07) is -0.414. The predicted molar refractivity (Wildman–Crippen MR) is 54.4 cm³/mol. The lowest BCUT2D eigenvalue weighted by Gasteiger charge is -2.25. The normalized spacial score (nSPS) is 34.8. The molecule has 1 aliphatic heterocycles. The van der Waals surface area contributed by atoms with E-state index in [1.165, 1.54) is 4.90 Å². The van der Waals surface area contributed by atoms with Crippen molar-refractivity contribution in [3.8, 4) is 0 Å². The standard InChI is InChI=1S/C11H15NO4/c1-6-5-9(13)12(10(6)14)8-4-2-3-7(8)11(15)16/h6-8H,2-5H2,1H3,(H,15,16). The van der Waals surface area contributed by atoms with E-state index >= 15 is 0 Å². The zero-order valence-electron chi connectivity index (χ0n) is 9.18. The average molecular weight is 225 g/mol. The Hall–Kier alpha value is -1.39. The van der Waals surface area contributed by atoms with E-state index < -0.39 is 17.9 Å². The molecular weight excluding hydrogens is 210 g/mol. The Morgan fingerprint density at radius 1 is 1.38 bits per heavy atom. The Morgan fingerprint density at radius 2 is 2.06 bits per heavy atom. The fourth-order valence-corrected chi connectivity index (χ4v) is 2.69. The molecule has 1 N–H and O–H groups in total. The quantitative estimate of drug-likeness (QED) is 0.699. The van der Waals surface area contributed by atoms with Crippen molar-refractivity contribution in [3.05, 3.63) is 0 Å². The summed E-state index contributed by atoms with van der Waals surface area (Å²) in [5, 5.41) is 9.03. The topological polar surface area (TPSA) is 74.7 Å². The monoisotopic (exact) mass is 225 g/mol. The van der Waals surface area contributed by atoms with Gasteiger partial charge in [0.2, 0.25) is 11.8 Å². The van der Waals surface area contributed by atoms with Crippen LogP contribution in [0.2, 0.25) is 0 Å². The van der Waals surface area contributed by atoms with Crippen LogP contribution < -0.4 is 0 Å². The van der Waals surface area contributed by atoms with Gasteiger partial charge in [-0.15, -0.1) is 0 Å². The molecular formula is C11H15NO4. The van der Waals surface area contributed by atoms with E-state index in [9.17, 15) is 14.4 Å². The van der Waals surface area contributed by atoms with E-state index in [0.717, 1.165) is 6.42 Å². The molecule has 5 heteroatoms. The number of aliphatic carboxylic acids is 1. The van der Waals surface area contributed by atoms with Crippen LogP contribution in [0.4, 0.5) is 0 Å². The average Bonchev–Trinajstić information content (AvgIpc) is 2.73. The van der Waals surface area contributed by atoms with Gasteiger partial charge in [-0.25, -0.2) is 0 Å². The number of hydrogen-bond donors (Lipinski definition) is 1. The van der Waals surface area contributed by atoms with Crippen LogP contribution in [0.15, 0.2) is 0 Å². The molecule has 2 aliphatic rings. The highest BCUT2D eigenvalue weighted by molar-refractivity contribution is 6.04. The molecule has 0 radical (unpaired) electrons. The zero-order chi connectivity index (χ0) is 11.9. The smallest absolute Gasteiger partial charge is 0.308 e. The SMILES string of the molecule is CC1CC(=O)N(C2CCCC2C(=O)O)C1=O. The number of carboxylic acid groups (broad SMARTS) is 1. The van der Waals surface area contributed by atoms with Crippen LogP contribution in [0.5, 0.6) is 0 Å². The van der Waals surface area contributed by atoms with Crippen LogP contribution in [0.25, 0.3) is 0 Å². The summed E-state index contributed by atoms with van der Waals surface area (Å²) in [5.74, 6) is -2.18. The molecule has 2 amide bonds. The number of rotatable bonds is 2. The third-order valence-corrected chi connectivity index (χ3v) is 3.54. The first-order valence-corrected chi connectivity index (χ1v) is 5.61. The highest BCUT2D eigenvalue weighted by Crippen LogP contribution is 2.34. The van der Waals surface area contributed by atoms with Crippen molar-refractivity contribution in [1.82, 2.24) is 4.90 Å². The minimum absolute atomic E-state index is 0.205. The minimum Gasteiger partial charge on any atom is -0.481 e. The predicted octanol–water partition coefficient (Wildman–Crippen LogP) is 0.635. The van der Waals surface area contributed by atoms with Crippen molar-refractivity contribution in [2.45, 2.75) is 38.6 Å². The van der Waals surface area contributed by atoms with E-state index in [4.69, 9.17) is 5.11 Å². The van der Waals surface area contributed by atoms with E-state index in [0.29, 0.717) is 12.8 Å². The number of imide groups is 1. The Bertz CT molecular complexity index is 352. The lowest BCUT2D eigenvalue weighted by Crippen LogP contribution is -2.44. The molecule has 1 saturated carbocycles. The maximum atomic E-state index is 11.8. The second kappa shape index (κ2) is 3.88. The van der Waals surface area contributed by atoms with Gasteiger partial charge in [-0.05, 0) is 12.8 Å². The van der Waals surface area contributed by atoms with Crippen LogP contribution in [-0.4, -0.2) is 33.8 Å². The number of amides is 2. The Balaban J connectivity index is 2.21. The number of likely N-dealkylation sites (tertiary alicyclic amines) is 1. The summed E-state index contributed by atoms with van der Waals surface area (Å²) in [6.07, 6.45) is 2.18. The first kappa shape index (κ1) is 11.1. The van der Waals surface area contributed by atoms with Crippen molar-refractivity contribution >= 4 is 17.8 Å². The number of hydrogen-bond acceptors (Lipinski definition) is 3. The van der Waals surface area contributed by atoms with Gasteiger partial charge < -0.3 is 5.11 Å². The van der Waals surface area contributed by atoms with Crippen LogP contribution in [0.1, 0.15) is 32.6 Å². The third-order valence-electron chi connectivity index (χ3n) is 3.54. The van der Waals surface area contributed by atoms with Gasteiger partial charge in [-0.3, -0.25) is 19.3 Å². The van der Waals surface area contributed by atoms with Gasteiger partial charge in [0.15, 0.2) is 0 Å². The molecule has 2 rings (SSSR count). The first-order chi connectivity index (χ1) is 7.52. The van der Waals surface area contributed by atoms with Gasteiger partial charge in [-0.1, -0.05) is 13.3 Å². The fraction of sp³-hybridized carbons (Fsp3) is 0.727. The van der Waals surface area contributed by atoms with E-state index in [1.54, 1.807) is 6.92 Å².